The van der Waals surface area contributed by atoms with Crippen LogP contribution in [0, 0.1) is 0 Å². The second kappa shape index (κ2) is 2.23. The molecule has 0 aromatic carbocycles. The number of anilines is 2. The Labute approximate surface area is 69.3 Å². The highest BCUT2D eigenvalue weighted by atomic mass is 16.1. The molecule has 12 heavy (non-hydrogen) atoms. The van der Waals surface area contributed by atoms with Crippen molar-refractivity contribution in [1.82, 2.24) is 10.2 Å². The first-order chi connectivity index (χ1) is 5.68. The van der Waals surface area contributed by atoms with Gasteiger partial charge in [-0.1, -0.05) is 6.92 Å². The zero-order valence-corrected chi connectivity index (χ0v) is 6.72. The van der Waals surface area contributed by atoms with Crippen LogP contribution in [-0.2, 0) is 4.79 Å². The molecule has 64 valence electrons. The van der Waals surface area contributed by atoms with Crippen LogP contribution in [0.5, 0.6) is 0 Å². The van der Waals surface area contributed by atoms with Crippen molar-refractivity contribution in [1.29, 1.82) is 0 Å². The van der Waals surface area contributed by atoms with Crippen LogP contribution in [0.2, 0.25) is 0 Å². The molecular weight excluding hydrogens is 156 g/mol. The van der Waals surface area contributed by atoms with E-state index in [9.17, 15) is 4.79 Å². The molecule has 5 nitrogen and oxygen atoms in total. The molecule has 0 radical (unpaired) electrons. The van der Waals surface area contributed by atoms with Gasteiger partial charge in [0.1, 0.15) is 5.82 Å². The number of nitrogen functional groups attached to an aromatic ring is 1. The van der Waals surface area contributed by atoms with Crippen LogP contribution in [0.15, 0.2) is 0 Å². The van der Waals surface area contributed by atoms with Gasteiger partial charge < -0.3 is 11.1 Å². The SMILES string of the molecule is CC1CC(=O)Nc2n[nH]c(N)c21. The Kier molecular flexibility index (Phi) is 1.33. The van der Waals surface area contributed by atoms with E-state index in [0.29, 0.717) is 18.1 Å². The molecule has 0 saturated heterocycles. The molecule has 0 bridgehead atoms. The third kappa shape index (κ3) is 0.861. The lowest BCUT2D eigenvalue weighted by Gasteiger charge is -2.17. The van der Waals surface area contributed by atoms with E-state index in [1.54, 1.807) is 0 Å². The highest BCUT2D eigenvalue weighted by Gasteiger charge is 2.26. The number of hydrogen-bond acceptors (Lipinski definition) is 3. The molecule has 1 amide bonds. The molecule has 0 spiro atoms. The minimum atomic E-state index is 0.00139. The number of fused-ring (bicyclic) bond motifs is 1. The van der Waals surface area contributed by atoms with Crippen molar-refractivity contribution in [3.63, 3.8) is 0 Å². The van der Waals surface area contributed by atoms with Crippen molar-refractivity contribution < 1.29 is 4.79 Å². The average Bonchev–Trinajstić information content (AvgIpc) is 2.31. The summed E-state index contributed by atoms with van der Waals surface area (Å²) in [7, 11) is 0. The quantitative estimate of drug-likeness (QED) is 0.522. The number of rotatable bonds is 0. The number of aromatic nitrogens is 2. The Morgan fingerprint density at radius 1 is 1.67 bits per heavy atom. The van der Waals surface area contributed by atoms with Gasteiger partial charge in [0, 0.05) is 12.0 Å². The van der Waals surface area contributed by atoms with Crippen molar-refractivity contribution >= 4 is 17.5 Å². The van der Waals surface area contributed by atoms with Gasteiger partial charge in [-0.2, -0.15) is 5.10 Å². The predicted molar refractivity (Wildman–Crippen MR) is 44.7 cm³/mol. The fourth-order valence-corrected chi connectivity index (χ4v) is 1.52. The number of nitrogens with zero attached hydrogens (tertiary/aromatic N) is 1. The van der Waals surface area contributed by atoms with E-state index in [2.05, 4.69) is 15.5 Å². The number of nitrogens with two attached hydrogens (primary N) is 1. The monoisotopic (exact) mass is 166 g/mol. The van der Waals surface area contributed by atoms with Crippen molar-refractivity contribution in [2.45, 2.75) is 19.3 Å². The maximum absolute atomic E-state index is 11.0. The minimum absolute atomic E-state index is 0.00139. The first-order valence-corrected chi connectivity index (χ1v) is 3.82. The molecule has 1 aliphatic heterocycles. The number of hydrogen-bond donors (Lipinski definition) is 3. The van der Waals surface area contributed by atoms with Gasteiger partial charge in [-0.25, -0.2) is 0 Å². The lowest BCUT2D eigenvalue weighted by molar-refractivity contribution is -0.116. The lowest BCUT2D eigenvalue weighted by atomic mass is 9.96. The van der Waals surface area contributed by atoms with Gasteiger partial charge in [-0.15, -0.1) is 0 Å². The Morgan fingerprint density at radius 3 is 3.17 bits per heavy atom. The predicted octanol–water partition coefficient (Wildman–Crippen LogP) is 0.438. The van der Waals surface area contributed by atoms with E-state index in [1.165, 1.54) is 0 Å². The number of H-pyrrole nitrogens is 1. The number of aromatic amines is 1. The number of carbonyl (C=O) groups excluding carboxylic acids is 1. The molecule has 0 saturated carbocycles. The molecule has 1 aromatic heterocycles. The molecule has 5 heteroatoms. The molecule has 2 heterocycles. The molecule has 4 N–H and O–H groups in total. The van der Waals surface area contributed by atoms with Crippen LogP contribution in [0.4, 0.5) is 11.6 Å². The van der Waals surface area contributed by atoms with E-state index in [4.69, 9.17) is 5.73 Å². The first-order valence-electron chi connectivity index (χ1n) is 3.82. The van der Waals surface area contributed by atoms with Gasteiger partial charge in [-0.05, 0) is 5.92 Å². The van der Waals surface area contributed by atoms with Crippen molar-refractivity contribution in [2.75, 3.05) is 11.1 Å². The Morgan fingerprint density at radius 2 is 2.42 bits per heavy atom. The Hall–Kier alpha value is -1.52. The summed E-state index contributed by atoms with van der Waals surface area (Å²) >= 11 is 0. The third-order valence-electron chi connectivity index (χ3n) is 2.08. The van der Waals surface area contributed by atoms with Crippen molar-refractivity contribution in [3.8, 4) is 0 Å². The number of amides is 1. The van der Waals surface area contributed by atoms with Crippen LogP contribution in [0.25, 0.3) is 0 Å². The summed E-state index contributed by atoms with van der Waals surface area (Å²) in [5, 5.41) is 9.17. The largest absolute Gasteiger partial charge is 0.384 e. The van der Waals surface area contributed by atoms with Gasteiger partial charge in [0.15, 0.2) is 5.82 Å². The van der Waals surface area contributed by atoms with E-state index in [-0.39, 0.29) is 11.8 Å². The molecule has 2 rings (SSSR count). The summed E-state index contributed by atoms with van der Waals surface area (Å²) in [6.07, 6.45) is 0.483. The molecule has 0 fully saturated rings. The number of nitrogens with one attached hydrogen (secondary N) is 2. The second-order valence-corrected chi connectivity index (χ2v) is 3.05. The zero-order valence-electron chi connectivity index (χ0n) is 6.72. The molecule has 1 atom stereocenters. The maximum atomic E-state index is 11.0. The smallest absolute Gasteiger partial charge is 0.226 e. The van der Waals surface area contributed by atoms with Gasteiger partial charge >= 0.3 is 0 Å². The average molecular weight is 166 g/mol. The fraction of sp³-hybridized carbons (Fsp3) is 0.429. The summed E-state index contributed by atoms with van der Waals surface area (Å²) in [6.45, 7) is 1.96. The standard InChI is InChI=1S/C7H10N4O/c1-3-2-4(12)9-7-5(3)6(8)10-11-7/h3H,2H2,1H3,(H4,8,9,10,11,12). The van der Waals surface area contributed by atoms with Crippen molar-refractivity contribution in [3.05, 3.63) is 5.56 Å². The Balaban J connectivity index is 2.49. The molecule has 0 aliphatic carbocycles. The molecule has 1 aromatic rings. The lowest BCUT2D eigenvalue weighted by Crippen LogP contribution is -2.21. The van der Waals surface area contributed by atoms with E-state index >= 15 is 0 Å². The molecule has 1 unspecified atom stereocenters. The van der Waals surface area contributed by atoms with Crippen LogP contribution < -0.4 is 11.1 Å². The topological polar surface area (TPSA) is 83.8 Å². The maximum Gasteiger partial charge on any atom is 0.226 e. The highest BCUT2D eigenvalue weighted by Crippen LogP contribution is 2.33. The first kappa shape index (κ1) is 7.15. The molecular formula is C7H10N4O. The van der Waals surface area contributed by atoms with Crippen LogP contribution in [-0.4, -0.2) is 16.1 Å². The summed E-state index contributed by atoms with van der Waals surface area (Å²) in [4.78, 5) is 11.0. The summed E-state index contributed by atoms with van der Waals surface area (Å²) in [5.41, 5.74) is 6.55. The molecule has 1 aliphatic rings. The third-order valence-corrected chi connectivity index (χ3v) is 2.08. The minimum Gasteiger partial charge on any atom is -0.384 e. The van der Waals surface area contributed by atoms with E-state index < -0.39 is 0 Å². The van der Waals surface area contributed by atoms with Crippen LogP contribution >= 0.6 is 0 Å². The van der Waals surface area contributed by atoms with Crippen LogP contribution in [0.1, 0.15) is 24.8 Å². The van der Waals surface area contributed by atoms with Gasteiger partial charge in [-0.3, -0.25) is 9.89 Å². The van der Waals surface area contributed by atoms with Crippen LogP contribution in [0.3, 0.4) is 0 Å². The summed E-state index contributed by atoms with van der Waals surface area (Å²) in [6, 6.07) is 0. The summed E-state index contributed by atoms with van der Waals surface area (Å²) in [5.74, 6) is 1.29. The highest BCUT2D eigenvalue weighted by molar-refractivity contribution is 5.94. The van der Waals surface area contributed by atoms with E-state index in [1.807, 2.05) is 6.92 Å². The van der Waals surface area contributed by atoms with Gasteiger partial charge in [0.05, 0.1) is 0 Å². The fourth-order valence-electron chi connectivity index (χ4n) is 1.52. The zero-order chi connectivity index (χ0) is 8.72. The number of carbonyl (C=O) groups is 1. The Bertz CT molecular complexity index is 330. The van der Waals surface area contributed by atoms with Gasteiger partial charge in [0.2, 0.25) is 5.91 Å². The van der Waals surface area contributed by atoms with Crippen molar-refractivity contribution in [2.24, 2.45) is 0 Å². The van der Waals surface area contributed by atoms with E-state index in [0.717, 1.165) is 5.56 Å². The summed E-state index contributed by atoms with van der Waals surface area (Å²) < 4.78 is 0. The second-order valence-electron chi connectivity index (χ2n) is 3.05. The normalized spacial score (nSPS) is 21.8. The van der Waals surface area contributed by atoms with Gasteiger partial charge in [0.25, 0.3) is 0 Å².